The molecule has 0 fully saturated rings. The number of methoxy groups -OCH3 is 1. The Kier molecular flexibility index (Phi) is 4.62. The first-order valence-corrected chi connectivity index (χ1v) is 6.08. The molecule has 1 heterocycles. The lowest BCUT2D eigenvalue weighted by Gasteiger charge is -2.01. The van der Waals surface area contributed by atoms with Crippen LogP contribution in [0.4, 0.5) is 16.0 Å². The van der Waals surface area contributed by atoms with Gasteiger partial charge in [-0.05, 0) is 24.3 Å². The highest BCUT2D eigenvalue weighted by molar-refractivity contribution is 5.88. The van der Waals surface area contributed by atoms with Gasteiger partial charge in [0.2, 0.25) is 0 Å². The number of hydrogen-bond acceptors (Lipinski definition) is 3. The lowest BCUT2D eigenvalue weighted by Crippen LogP contribution is -2.73. The van der Waals surface area contributed by atoms with Gasteiger partial charge in [-0.2, -0.15) is 0 Å². The maximum atomic E-state index is 12.8. The maximum absolute atomic E-state index is 12.8. The quantitative estimate of drug-likeness (QED) is 0.436. The van der Waals surface area contributed by atoms with Gasteiger partial charge in [-0.25, -0.2) is 14.4 Å². The number of halogens is 1. The zero-order valence-corrected chi connectivity index (χ0v) is 11.3. The largest absolute Gasteiger partial charge is 0.377 e. The highest BCUT2D eigenvalue weighted by atomic mass is 19.1. The minimum absolute atomic E-state index is 0.138. The molecule has 2 rings (SSSR count). The van der Waals surface area contributed by atoms with Gasteiger partial charge in [0.1, 0.15) is 11.5 Å². The average Bonchev–Trinajstić information content (AvgIpc) is 2.41. The van der Waals surface area contributed by atoms with Crippen LogP contribution >= 0.6 is 0 Å². The van der Waals surface area contributed by atoms with Crippen LogP contribution in [0.15, 0.2) is 35.1 Å². The van der Waals surface area contributed by atoms with Gasteiger partial charge in [-0.3, -0.25) is 10.1 Å². The second kappa shape index (κ2) is 6.62. The van der Waals surface area contributed by atoms with Gasteiger partial charge in [0.15, 0.2) is 0 Å². The molecule has 110 valence electrons. The van der Waals surface area contributed by atoms with Crippen LogP contribution in [0.1, 0.15) is 5.69 Å². The Balaban J connectivity index is 2.18. The van der Waals surface area contributed by atoms with E-state index in [2.05, 4.69) is 20.3 Å². The van der Waals surface area contributed by atoms with E-state index in [1.54, 1.807) is 0 Å². The molecule has 2 aromatic rings. The van der Waals surface area contributed by atoms with Gasteiger partial charge < -0.3 is 10.5 Å². The average molecular weight is 292 g/mol. The van der Waals surface area contributed by atoms with Gasteiger partial charge in [-0.1, -0.05) is 0 Å². The Morgan fingerprint density at radius 1 is 1.48 bits per heavy atom. The van der Waals surface area contributed by atoms with Crippen molar-refractivity contribution in [3.63, 3.8) is 0 Å². The molecule has 8 heteroatoms. The van der Waals surface area contributed by atoms with Gasteiger partial charge in [0.05, 0.1) is 12.3 Å². The van der Waals surface area contributed by atoms with Crippen LogP contribution in [0.25, 0.3) is 0 Å². The molecule has 0 saturated carbocycles. The molecular weight excluding hydrogens is 277 g/mol. The summed E-state index contributed by atoms with van der Waals surface area (Å²) in [6.45, 7) is 0.212. The van der Waals surface area contributed by atoms with Crippen LogP contribution in [-0.4, -0.2) is 23.0 Å². The Labute approximate surface area is 119 Å². The predicted octanol–water partition coefficient (Wildman–Crippen LogP) is -0.806. The summed E-state index contributed by atoms with van der Waals surface area (Å²) < 4.78 is 17.7. The summed E-state index contributed by atoms with van der Waals surface area (Å²) in [5.41, 5.74) is 6.50. The summed E-state index contributed by atoms with van der Waals surface area (Å²) in [6.07, 6.45) is 0. The van der Waals surface area contributed by atoms with E-state index in [0.717, 1.165) is 0 Å². The molecule has 1 aromatic heterocycles. The summed E-state index contributed by atoms with van der Waals surface area (Å²) in [5.74, 6) is -0.0219. The van der Waals surface area contributed by atoms with E-state index in [9.17, 15) is 9.18 Å². The molecule has 0 spiro atoms. The summed E-state index contributed by atoms with van der Waals surface area (Å²) in [6, 6.07) is 6.99. The number of hydrogen-bond donors (Lipinski definition) is 4. The first kappa shape index (κ1) is 14.7. The highest BCUT2D eigenvalue weighted by Gasteiger charge is 2.06. The first-order valence-electron chi connectivity index (χ1n) is 6.08. The molecule has 1 aromatic carbocycles. The lowest BCUT2D eigenvalue weighted by molar-refractivity contribution is -0.365. The van der Waals surface area contributed by atoms with Crippen molar-refractivity contribution in [2.45, 2.75) is 6.61 Å². The number of aromatic amines is 1. The van der Waals surface area contributed by atoms with Crippen LogP contribution in [-0.2, 0) is 11.3 Å². The minimum atomic E-state index is -0.342. The van der Waals surface area contributed by atoms with Gasteiger partial charge in [0, 0.05) is 13.2 Å². The number of nitrogens with two attached hydrogens (primary N) is 1. The molecule has 0 aliphatic rings. The number of aromatic nitrogens is 2. The van der Waals surface area contributed by atoms with E-state index < -0.39 is 0 Å². The fourth-order valence-electron chi connectivity index (χ4n) is 1.64. The van der Waals surface area contributed by atoms with Crippen molar-refractivity contribution in [2.24, 2.45) is 5.73 Å². The van der Waals surface area contributed by atoms with Crippen LogP contribution in [0.3, 0.4) is 0 Å². The molecule has 0 unspecified atom stereocenters. The molecule has 21 heavy (non-hydrogen) atoms. The first-order chi connectivity index (χ1) is 10.1. The van der Waals surface area contributed by atoms with Crippen molar-refractivity contribution < 1.29 is 14.1 Å². The molecular formula is C13H15FN5O2+. The molecule has 0 bridgehead atoms. The number of H-pyrrole nitrogens is 1. The number of nitrogens with one attached hydrogen (secondary N) is 3. The second-order valence-corrected chi connectivity index (χ2v) is 4.19. The van der Waals surface area contributed by atoms with E-state index in [1.807, 2.05) is 0 Å². The van der Waals surface area contributed by atoms with Crippen molar-refractivity contribution in [2.75, 3.05) is 12.4 Å². The number of rotatable bonds is 4. The van der Waals surface area contributed by atoms with E-state index >= 15 is 0 Å². The fraction of sp³-hybridized carbons (Fsp3) is 0.154. The van der Waals surface area contributed by atoms with Crippen molar-refractivity contribution in [1.82, 2.24) is 9.97 Å². The minimum Gasteiger partial charge on any atom is -0.377 e. The number of nitrogens with zero attached hydrogens (tertiary/aromatic N) is 1. The fourth-order valence-corrected chi connectivity index (χ4v) is 1.64. The smallest absolute Gasteiger partial charge is 0.325 e. The van der Waals surface area contributed by atoms with E-state index in [0.29, 0.717) is 11.4 Å². The van der Waals surface area contributed by atoms with Crippen LogP contribution < -0.4 is 21.6 Å². The molecule has 5 N–H and O–H groups in total. The normalized spacial score (nSPS) is 11.4. The van der Waals surface area contributed by atoms with E-state index in [-0.39, 0.29) is 29.9 Å². The Morgan fingerprint density at radius 3 is 2.86 bits per heavy atom. The SMILES string of the molecule is COCc1cc(=O)[nH]c([NH+]=C(N)Nc2ccc(F)cc2)n1. The van der Waals surface area contributed by atoms with Crippen molar-refractivity contribution >= 4 is 17.6 Å². The van der Waals surface area contributed by atoms with Crippen LogP contribution in [0.2, 0.25) is 0 Å². The summed E-state index contributed by atoms with van der Waals surface area (Å²) in [4.78, 5) is 20.8. The van der Waals surface area contributed by atoms with Crippen molar-refractivity contribution in [3.05, 3.63) is 52.2 Å². The molecule has 0 atom stereocenters. The van der Waals surface area contributed by atoms with Crippen LogP contribution in [0.5, 0.6) is 0 Å². The number of guanidine groups is 1. The Hall–Kier alpha value is -2.74. The third-order valence-electron chi connectivity index (χ3n) is 2.46. The number of benzene rings is 1. The molecule has 0 aliphatic carbocycles. The molecule has 0 aliphatic heterocycles. The summed E-state index contributed by atoms with van der Waals surface area (Å²) in [7, 11) is 1.51. The summed E-state index contributed by atoms with van der Waals surface area (Å²) >= 11 is 0. The van der Waals surface area contributed by atoms with Crippen molar-refractivity contribution in [3.8, 4) is 0 Å². The zero-order chi connectivity index (χ0) is 15.2. The number of ether oxygens (including phenoxy) is 1. The Morgan fingerprint density at radius 2 is 2.19 bits per heavy atom. The van der Waals surface area contributed by atoms with E-state index in [4.69, 9.17) is 10.5 Å². The standard InChI is InChI=1S/C13H14FN5O2/c1-21-7-10-6-11(20)18-13(17-10)19-12(15)16-9-4-2-8(14)3-5-9/h2-6H,7H2,1H3,(H4,15,16,17,18,19,20)/p+1. The van der Waals surface area contributed by atoms with Gasteiger partial charge >= 0.3 is 5.95 Å². The number of anilines is 1. The zero-order valence-electron chi connectivity index (χ0n) is 11.3. The monoisotopic (exact) mass is 292 g/mol. The molecule has 0 saturated heterocycles. The molecule has 0 amide bonds. The third kappa shape index (κ3) is 4.39. The topological polar surface area (TPSA) is 107 Å². The summed E-state index contributed by atoms with van der Waals surface area (Å²) in [5, 5.41) is 2.81. The Bertz CT molecular complexity index is 696. The lowest BCUT2D eigenvalue weighted by atomic mass is 10.3. The predicted molar refractivity (Wildman–Crippen MR) is 75.4 cm³/mol. The molecule has 0 radical (unpaired) electrons. The van der Waals surface area contributed by atoms with Crippen LogP contribution in [0, 0.1) is 5.82 Å². The maximum Gasteiger partial charge on any atom is 0.325 e. The molecule has 7 nitrogen and oxygen atoms in total. The third-order valence-corrected chi connectivity index (χ3v) is 2.46. The second-order valence-electron chi connectivity index (χ2n) is 4.19. The van der Waals surface area contributed by atoms with Gasteiger partial charge in [0.25, 0.3) is 11.5 Å². The van der Waals surface area contributed by atoms with Gasteiger partial charge in [-0.15, -0.1) is 4.98 Å². The van der Waals surface area contributed by atoms with Crippen molar-refractivity contribution in [1.29, 1.82) is 0 Å². The van der Waals surface area contributed by atoms with E-state index in [1.165, 1.54) is 37.4 Å². The highest BCUT2D eigenvalue weighted by Crippen LogP contribution is 2.06.